The molecule has 3 fully saturated rings. The van der Waals surface area contributed by atoms with Gasteiger partial charge in [-0.3, -0.25) is 9.59 Å². The topological polar surface area (TPSA) is 99.1 Å². The summed E-state index contributed by atoms with van der Waals surface area (Å²) in [6.07, 6.45) is -0.542. The molecular weight excluding hydrogens is 256 g/mol. The molecule has 104 valence electrons. The van der Waals surface area contributed by atoms with Crippen molar-refractivity contribution in [2.45, 2.75) is 18.6 Å². The Labute approximate surface area is 108 Å². The molecule has 19 heavy (non-hydrogen) atoms. The van der Waals surface area contributed by atoms with Crippen molar-refractivity contribution >= 4 is 17.9 Å². The first-order chi connectivity index (χ1) is 9.08. The molecule has 6 unspecified atom stereocenters. The molecule has 3 aliphatic rings. The minimum Gasteiger partial charge on any atom is -0.469 e. The normalized spacial score (nSPS) is 42.1. The Bertz CT molecular complexity index is 445. The van der Waals surface area contributed by atoms with E-state index in [2.05, 4.69) is 0 Å². The summed E-state index contributed by atoms with van der Waals surface area (Å²) in [5.41, 5.74) is 0. The lowest BCUT2D eigenvalue weighted by Gasteiger charge is -2.29. The quantitative estimate of drug-likeness (QED) is 0.511. The van der Waals surface area contributed by atoms with Crippen LogP contribution in [0.3, 0.4) is 0 Å². The zero-order valence-corrected chi connectivity index (χ0v) is 10.3. The van der Waals surface area contributed by atoms with Crippen molar-refractivity contribution in [2.24, 2.45) is 23.7 Å². The molecule has 0 aromatic rings. The summed E-state index contributed by atoms with van der Waals surface area (Å²) in [4.78, 5) is 34.8. The molecule has 1 heterocycles. The summed E-state index contributed by atoms with van der Waals surface area (Å²) in [6.45, 7) is -0.735. The highest BCUT2D eigenvalue weighted by atomic mass is 16.6. The maximum absolute atomic E-state index is 11.8. The molecule has 7 heteroatoms. The number of carbonyl (C=O) groups is 3. The average Bonchev–Trinajstić information content (AvgIpc) is 3.00. The van der Waals surface area contributed by atoms with Gasteiger partial charge in [0.15, 0.2) is 0 Å². The van der Waals surface area contributed by atoms with Crippen molar-refractivity contribution in [3.63, 3.8) is 0 Å². The maximum atomic E-state index is 11.8. The lowest BCUT2D eigenvalue weighted by Crippen LogP contribution is -2.43. The summed E-state index contributed by atoms with van der Waals surface area (Å²) in [7, 11) is 1.26. The Morgan fingerprint density at radius 2 is 2.16 bits per heavy atom. The van der Waals surface area contributed by atoms with Gasteiger partial charge in [0.2, 0.25) is 0 Å². The molecule has 2 bridgehead atoms. The molecule has 0 aromatic heterocycles. The second-order valence-electron chi connectivity index (χ2n) is 5.15. The third-order valence-electron chi connectivity index (χ3n) is 4.42. The fourth-order valence-corrected chi connectivity index (χ4v) is 3.79. The number of carbonyl (C=O) groups excluding carboxylic acids is 3. The highest BCUT2D eigenvalue weighted by molar-refractivity contribution is 5.86. The van der Waals surface area contributed by atoms with Crippen LogP contribution in [0.15, 0.2) is 0 Å². The van der Waals surface area contributed by atoms with E-state index in [0.29, 0.717) is 6.42 Å². The van der Waals surface area contributed by atoms with Crippen LogP contribution < -0.4 is 0 Å². The van der Waals surface area contributed by atoms with Crippen LogP contribution in [0.5, 0.6) is 0 Å². The molecule has 1 aliphatic heterocycles. The number of ether oxygens (including phenoxy) is 3. The zero-order valence-electron chi connectivity index (χ0n) is 10.3. The molecule has 0 aromatic carbocycles. The molecular formula is C12H14O7. The van der Waals surface area contributed by atoms with E-state index in [1.54, 1.807) is 0 Å². The minimum absolute atomic E-state index is 0.0990. The van der Waals surface area contributed by atoms with Crippen molar-refractivity contribution in [3.05, 3.63) is 0 Å². The fraction of sp³-hybridized carbons (Fsp3) is 0.750. The number of fused-ring (bicyclic) bond motifs is 1. The summed E-state index contributed by atoms with van der Waals surface area (Å²) in [5.74, 6) is -3.13. The van der Waals surface area contributed by atoms with Crippen LogP contribution in [0.4, 0.5) is 0 Å². The summed E-state index contributed by atoms with van der Waals surface area (Å²) in [6, 6.07) is 0. The summed E-state index contributed by atoms with van der Waals surface area (Å²) in [5, 5.41) is 8.73. The smallest absolute Gasteiger partial charge is 0.332 e. The van der Waals surface area contributed by atoms with E-state index >= 15 is 0 Å². The van der Waals surface area contributed by atoms with Gasteiger partial charge < -0.3 is 19.3 Å². The number of rotatable bonds is 3. The number of esters is 3. The number of aliphatic hydroxyl groups is 1. The van der Waals surface area contributed by atoms with Crippen molar-refractivity contribution in [2.75, 3.05) is 13.7 Å². The molecule has 0 amide bonds. The molecule has 2 saturated carbocycles. The second kappa shape index (κ2) is 4.19. The predicted molar refractivity (Wildman–Crippen MR) is 57.4 cm³/mol. The van der Waals surface area contributed by atoms with E-state index in [-0.39, 0.29) is 11.8 Å². The lowest BCUT2D eigenvalue weighted by atomic mass is 9.78. The molecule has 3 rings (SSSR count). The standard InChI is InChI=1S/C12H14O7/c1-17-11(15)7-4-2-5-8(7)12(16)19-10(5)9(4)18-6(14)3-13/h4-5,7-10,13H,2-3H2,1H3. The first-order valence-electron chi connectivity index (χ1n) is 6.17. The first kappa shape index (κ1) is 12.4. The second-order valence-corrected chi connectivity index (χ2v) is 5.15. The Balaban J connectivity index is 1.88. The highest BCUT2D eigenvalue weighted by Crippen LogP contribution is 2.58. The van der Waals surface area contributed by atoms with Crippen LogP contribution in [0.25, 0.3) is 0 Å². The van der Waals surface area contributed by atoms with E-state index in [4.69, 9.17) is 19.3 Å². The summed E-state index contributed by atoms with van der Waals surface area (Å²) < 4.78 is 15.1. The molecule has 0 radical (unpaired) electrons. The Hall–Kier alpha value is -1.63. The highest BCUT2D eigenvalue weighted by Gasteiger charge is 2.70. The molecule has 2 aliphatic carbocycles. The van der Waals surface area contributed by atoms with Crippen molar-refractivity contribution in [3.8, 4) is 0 Å². The SMILES string of the molecule is COC(=O)C1C2CC3C(OC(=O)C31)C2OC(=O)CO. The third-order valence-corrected chi connectivity index (χ3v) is 4.42. The van der Waals surface area contributed by atoms with Gasteiger partial charge in [0.1, 0.15) is 18.8 Å². The van der Waals surface area contributed by atoms with Crippen LogP contribution in [-0.2, 0) is 28.6 Å². The van der Waals surface area contributed by atoms with Gasteiger partial charge in [-0.15, -0.1) is 0 Å². The van der Waals surface area contributed by atoms with E-state index in [1.807, 2.05) is 0 Å². The van der Waals surface area contributed by atoms with E-state index in [1.165, 1.54) is 7.11 Å². The third kappa shape index (κ3) is 1.57. The number of aliphatic hydroxyl groups excluding tert-OH is 1. The van der Waals surface area contributed by atoms with Gasteiger partial charge in [-0.05, 0) is 6.42 Å². The van der Waals surface area contributed by atoms with E-state index < -0.39 is 48.6 Å². The van der Waals surface area contributed by atoms with Gasteiger partial charge in [0, 0.05) is 11.8 Å². The number of hydrogen-bond donors (Lipinski definition) is 1. The first-order valence-corrected chi connectivity index (χ1v) is 6.17. The van der Waals surface area contributed by atoms with Gasteiger partial charge in [-0.1, -0.05) is 0 Å². The Morgan fingerprint density at radius 1 is 1.42 bits per heavy atom. The van der Waals surface area contributed by atoms with Gasteiger partial charge in [-0.2, -0.15) is 0 Å². The van der Waals surface area contributed by atoms with E-state index in [0.717, 1.165) is 0 Å². The summed E-state index contributed by atoms with van der Waals surface area (Å²) >= 11 is 0. The Kier molecular flexibility index (Phi) is 2.74. The van der Waals surface area contributed by atoms with Crippen LogP contribution in [0.1, 0.15) is 6.42 Å². The van der Waals surface area contributed by atoms with Gasteiger partial charge in [0.05, 0.1) is 18.9 Å². The lowest BCUT2D eigenvalue weighted by molar-refractivity contribution is -0.167. The van der Waals surface area contributed by atoms with Crippen LogP contribution >= 0.6 is 0 Å². The van der Waals surface area contributed by atoms with Gasteiger partial charge >= 0.3 is 17.9 Å². The van der Waals surface area contributed by atoms with E-state index in [9.17, 15) is 14.4 Å². The number of hydrogen-bond acceptors (Lipinski definition) is 7. The molecule has 0 spiro atoms. The fourth-order valence-electron chi connectivity index (χ4n) is 3.79. The average molecular weight is 270 g/mol. The van der Waals surface area contributed by atoms with Crippen molar-refractivity contribution in [1.82, 2.24) is 0 Å². The molecule has 1 saturated heterocycles. The van der Waals surface area contributed by atoms with Crippen LogP contribution in [0.2, 0.25) is 0 Å². The molecule has 7 nitrogen and oxygen atoms in total. The van der Waals surface area contributed by atoms with Crippen molar-refractivity contribution < 1.29 is 33.7 Å². The minimum atomic E-state index is -0.777. The number of methoxy groups -OCH3 is 1. The van der Waals surface area contributed by atoms with Gasteiger partial charge in [0.25, 0.3) is 0 Å². The van der Waals surface area contributed by atoms with Gasteiger partial charge in [-0.25, -0.2) is 4.79 Å². The zero-order chi connectivity index (χ0) is 13.7. The Morgan fingerprint density at radius 3 is 2.79 bits per heavy atom. The predicted octanol–water partition coefficient (Wildman–Crippen LogP) is -1.13. The monoisotopic (exact) mass is 270 g/mol. The van der Waals surface area contributed by atoms with Crippen molar-refractivity contribution in [1.29, 1.82) is 0 Å². The van der Waals surface area contributed by atoms with Crippen LogP contribution in [-0.4, -0.2) is 48.9 Å². The molecule has 6 atom stereocenters. The maximum Gasteiger partial charge on any atom is 0.332 e. The molecule has 1 N–H and O–H groups in total. The van der Waals surface area contributed by atoms with Crippen LogP contribution in [0, 0.1) is 23.7 Å². The largest absolute Gasteiger partial charge is 0.469 e.